The number of ether oxygens (including phenoxy) is 2. The van der Waals surface area contributed by atoms with E-state index in [1.807, 2.05) is 31.2 Å². The van der Waals surface area contributed by atoms with Crippen molar-refractivity contribution < 1.29 is 14.3 Å². The lowest BCUT2D eigenvalue weighted by Crippen LogP contribution is -1.97. The minimum absolute atomic E-state index is 0.465. The maximum atomic E-state index is 11.0. The summed E-state index contributed by atoms with van der Waals surface area (Å²) in [6.07, 6.45) is 0.767. The predicted molar refractivity (Wildman–Crippen MR) is 91.7 cm³/mol. The molecule has 0 saturated carbocycles. The molecule has 0 saturated heterocycles. The van der Waals surface area contributed by atoms with Crippen molar-refractivity contribution in [1.82, 2.24) is 0 Å². The van der Waals surface area contributed by atoms with Gasteiger partial charge in [-0.3, -0.25) is 4.79 Å². The molecular weight excluding hydrogens is 302 g/mol. The Morgan fingerprint density at radius 2 is 1.75 bits per heavy atom. The van der Waals surface area contributed by atoms with Gasteiger partial charge in [-0.25, -0.2) is 0 Å². The van der Waals surface area contributed by atoms with E-state index in [2.05, 4.69) is 6.07 Å². The predicted octanol–water partition coefficient (Wildman–Crippen LogP) is 4.71. The van der Waals surface area contributed by atoms with E-state index in [4.69, 9.17) is 9.47 Å². The van der Waals surface area contributed by atoms with E-state index in [1.165, 1.54) is 0 Å². The van der Waals surface area contributed by atoms with Gasteiger partial charge in [0.25, 0.3) is 0 Å². The Labute approximate surface area is 139 Å². The Bertz CT molecular complexity index is 941. The molecule has 0 aliphatic rings. The summed E-state index contributed by atoms with van der Waals surface area (Å²) >= 11 is 0. The van der Waals surface area contributed by atoms with Gasteiger partial charge in [0.05, 0.1) is 18.2 Å². The second kappa shape index (κ2) is 6.84. The van der Waals surface area contributed by atoms with Crippen molar-refractivity contribution in [2.45, 2.75) is 6.92 Å². The molecule has 0 radical (unpaired) electrons. The zero-order chi connectivity index (χ0) is 16.9. The molecule has 24 heavy (non-hydrogen) atoms. The lowest BCUT2D eigenvalue weighted by molar-refractivity contribution is 0.112. The van der Waals surface area contributed by atoms with Crippen LogP contribution in [-0.2, 0) is 0 Å². The first-order chi connectivity index (χ1) is 11.8. The summed E-state index contributed by atoms with van der Waals surface area (Å²) in [5.74, 6) is 1.66. The lowest BCUT2D eigenvalue weighted by atomic mass is 10.0. The first kappa shape index (κ1) is 15.6. The van der Waals surface area contributed by atoms with Crippen molar-refractivity contribution in [3.63, 3.8) is 0 Å². The molecule has 3 rings (SSSR count). The van der Waals surface area contributed by atoms with Gasteiger partial charge in [0.1, 0.15) is 12.0 Å². The topological polar surface area (TPSA) is 59.3 Å². The standard InChI is InChI=1S/C20H15NO3/c1-2-23-20-11-14(13-22)7-9-19(20)24-18-10-8-15(12-21)16-5-3-4-6-17(16)18/h3-11,13H,2H2,1H3. The fraction of sp³-hybridized carbons (Fsp3) is 0.100. The van der Waals surface area contributed by atoms with Crippen LogP contribution >= 0.6 is 0 Å². The Kier molecular flexibility index (Phi) is 4.44. The third kappa shape index (κ3) is 2.92. The number of rotatable bonds is 5. The van der Waals surface area contributed by atoms with Crippen LogP contribution in [0.2, 0.25) is 0 Å². The second-order valence-corrected chi connectivity index (χ2v) is 5.13. The summed E-state index contributed by atoms with van der Waals surface area (Å²) in [6.45, 7) is 2.33. The fourth-order valence-electron chi connectivity index (χ4n) is 2.53. The highest BCUT2D eigenvalue weighted by atomic mass is 16.5. The van der Waals surface area contributed by atoms with Crippen molar-refractivity contribution >= 4 is 17.1 Å². The summed E-state index contributed by atoms with van der Waals surface area (Å²) in [7, 11) is 0. The highest BCUT2D eigenvalue weighted by molar-refractivity contribution is 5.93. The maximum absolute atomic E-state index is 11.0. The van der Waals surface area contributed by atoms with Crippen molar-refractivity contribution in [1.29, 1.82) is 5.26 Å². The van der Waals surface area contributed by atoms with Crippen LogP contribution in [0.15, 0.2) is 54.6 Å². The molecule has 0 aliphatic heterocycles. The molecule has 0 aromatic heterocycles. The smallest absolute Gasteiger partial charge is 0.169 e. The van der Waals surface area contributed by atoms with E-state index in [1.54, 1.807) is 30.3 Å². The number of carbonyl (C=O) groups excluding carboxylic acids is 1. The van der Waals surface area contributed by atoms with Gasteiger partial charge in [-0.2, -0.15) is 5.26 Å². The number of hydrogen-bond donors (Lipinski definition) is 0. The largest absolute Gasteiger partial charge is 0.490 e. The molecule has 0 fully saturated rings. The Hall–Kier alpha value is -3.32. The van der Waals surface area contributed by atoms with Gasteiger partial charge in [-0.05, 0) is 37.3 Å². The summed E-state index contributed by atoms with van der Waals surface area (Å²) < 4.78 is 11.6. The van der Waals surface area contributed by atoms with Crippen LogP contribution in [0.5, 0.6) is 17.2 Å². The third-order valence-corrected chi connectivity index (χ3v) is 3.63. The molecule has 0 N–H and O–H groups in total. The number of nitrogens with zero attached hydrogens (tertiary/aromatic N) is 1. The van der Waals surface area contributed by atoms with Gasteiger partial charge < -0.3 is 9.47 Å². The zero-order valence-electron chi connectivity index (χ0n) is 13.2. The van der Waals surface area contributed by atoms with Crippen LogP contribution in [0, 0.1) is 11.3 Å². The molecule has 0 spiro atoms. The Balaban J connectivity index is 2.08. The zero-order valence-corrected chi connectivity index (χ0v) is 13.2. The van der Waals surface area contributed by atoms with Gasteiger partial charge in [-0.15, -0.1) is 0 Å². The number of nitriles is 1. The van der Waals surface area contributed by atoms with E-state index in [-0.39, 0.29) is 0 Å². The molecule has 4 nitrogen and oxygen atoms in total. The van der Waals surface area contributed by atoms with Gasteiger partial charge in [-0.1, -0.05) is 24.3 Å². The molecular formula is C20H15NO3. The molecule has 0 bridgehead atoms. The fourth-order valence-corrected chi connectivity index (χ4v) is 2.53. The lowest BCUT2D eigenvalue weighted by Gasteiger charge is -2.14. The second-order valence-electron chi connectivity index (χ2n) is 5.13. The van der Waals surface area contributed by atoms with E-state index >= 15 is 0 Å². The average Bonchev–Trinajstić information content (AvgIpc) is 2.63. The number of benzene rings is 3. The van der Waals surface area contributed by atoms with Crippen LogP contribution in [0.4, 0.5) is 0 Å². The molecule has 0 amide bonds. The molecule has 3 aromatic carbocycles. The SMILES string of the molecule is CCOc1cc(C=O)ccc1Oc1ccc(C#N)c2ccccc12. The molecule has 0 unspecified atom stereocenters. The van der Waals surface area contributed by atoms with E-state index in [0.717, 1.165) is 17.1 Å². The van der Waals surface area contributed by atoms with Gasteiger partial charge in [0.15, 0.2) is 11.5 Å². The van der Waals surface area contributed by atoms with Gasteiger partial charge in [0, 0.05) is 16.3 Å². The van der Waals surface area contributed by atoms with Crippen LogP contribution < -0.4 is 9.47 Å². The molecule has 4 heteroatoms. The van der Waals surface area contributed by atoms with Crippen LogP contribution in [-0.4, -0.2) is 12.9 Å². The average molecular weight is 317 g/mol. The summed E-state index contributed by atoms with van der Waals surface area (Å²) in [6, 6.07) is 18.3. The van der Waals surface area contributed by atoms with Crippen LogP contribution in [0.25, 0.3) is 10.8 Å². The maximum Gasteiger partial charge on any atom is 0.169 e. The van der Waals surface area contributed by atoms with Crippen LogP contribution in [0.1, 0.15) is 22.8 Å². The van der Waals surface area contributed by atoms with Crippen molar-refractivity contribution in [3.05, 3.63) is 65.7 Å². The molecule has 3 aromatic rings. The van der Waals surface area contributed by atoms with Crippen molar-refractivity contribution in [2.75, 3.05) is 6.61 Å². The highest BCUT2D eigenvalue weighted by Gasteiger charge is 2.11. The Morgan fingerprint density at radius 1 is 1.00 bits per heavy atom. The minimum Gasteiger partial charge on any atom is -0.490 e. The summed E-state index contributed by atoms with van der Waals surface area (Å²) in [4.78, 5) is 11.0. The Morgan fingerprint density at radius 3 is 2.46 bits per heavy atom. The summed E-state index contributed by atoms with van der Waals surface area (Å²) in [5.41, 5.74) is 1.12. The van der Waals surface area contributed by atoms with Crippen LogP contribution in [0.3, 0.4) is 0 Å². The number of aldehydes is 1. The monoisotopic (exact) mass is 317 g/mol. The van der Waals surface area contributed by atoms with E-state index < -0.39 is 0 Å². The highest BCUT2D eigenvalue weighted by Crippen LogP contribution is 2.36. The third-order valence-electron chi connectivity index (χ3n) is 3.63. The van der Waals surface area contributed by atoms with Crippen molar-refractivity contribution in [2.24, 2.45) is 0 Å². The molecule has 0 atom stereocenters. The van der Waals surface area contributed by atoms with E-state index in [0.29, 0.717) is 35.0 Å². The quantitative estimate of drug-likeness (QED) is 0.639. The first-order valence-electron chi connectivity index (χ1n) is 7.58. The number of fused-ring (bicyclic) bond motifs is 1. The normalized spacial score (nSPS) is 10.2. The number of hydrogen-bond acceptors (Lipinski definition) is 4. The minimum atomic E-state index is 0.465. The molecule has 0 aliphatic carbocycles. The van der Waals surface area contributed by atoms with Gasteiger partial charge in [0.2, 0.25) is 0 Å². The van der Waals surface area contributed by atoms with E-state index in [9.17, 15) is 10.1 Å². The molecule has 0 heterocycles. The summed E-state index contributed by atoms with van der Waals surface area (Å²) in [5, 5.41) is 10.9. The van der Waals surface area contributed by atoms with Gasteiger partial charge >= 0.3 is 0 Å². The van der Waals surface area contributed by atoms with Crippen molar-refractivity contribution in [3.8, 4) is 23.3 Å². The first-order valence-corrected chi connectivity index (χ1v) is 7.58. The number of carbonyl (C=O) groups is 1. The molecule has 118 valence electrons.